The third-order valence-corrected chi connectivity index (χ3v) is 7.11. The minimum atomic E-state index is -0.679. The van der Waals surface area contributed by atoms with Crippen molar-refractivity contribution in [3.8, 4) is 10.6 Å². The summed E-state index contributed by atoms with van der Waals surface area (Å²) in [6, 6.07) is 6.28. The largest absolute Gasteiger partial charge is 0.446 e. The minimum absolute atomic E-state index is 0.0833. The first-order valence-corrected chi connectivity index (χ1v) is 12.8. The van der Waals surface area contributed by atoms with Gasteiger partial charge in [0.25, 0.3) is 0 Å². The molecule has 0 radical (unpaired) electrons. The van der Waals surface area contributed by atoms with Crippen molar-refractivity contribution in [3.05, 3.63) is 41.2 Å². The summed E-state index contributed by atoms with van der Waals surface area (Å²) >= 11 is 1.48. The number of amides is 1. The minimum Gasteiger partial charge on any atom is -0.446 e. The summed E-state index contributed by atoms with van der Waals surface area (Å²) in [6.45, 7) is 12.6. The standard InChI is InChI=1S/C26H39FN2O2S/c1-7-10-19(12-11-18(4)8-2)22(9-3)31-25(30)29-26(5,6)23-17-32-24(28-23)20-13-15-21(27)16-14-20/h13-19,22H,7-12H2,1-6H3,(H,29,30). The zero-order chi connectivity index (χ0) is 23.7. The van der Waals surface area contributed by atoms with Crippen LogP contribution in [-0.2, 0) is 10.3 Å². The fourth-order valence-electron chi connectivity index (χ4n) is 3.87. The fourth-order valence-corrected chi connectivity index (χ4v) is 4.87. The number of benzene rings is 1. The van der Waals surface area contributed by atoms with Gasteiger partial charge in [-0.05, 0) is 69.2 Å². The number of thiazole rings is 1. The molecule has 0 saturated carbocycles. The molecule has 2 rings (SSSR count). The molecule has 0 spiro atoms. The topological polar surface area (TPSA) is 51.2 Å². The van der Waals surface area contributed by atoms with Gasteiger partial charge in [-0.1, -0.05) is 47.0 Å². The SMILES string of the molecule is CCCC(CCC(C)CC)C(CC)OC(=O)NC(C)(C)c1csc(-c2ccc(F)cc2)n1. The van der Waals surface area contributed by atoms with E-state index in [2.05, 4.69) is 38.0 Å². The smallest absolute Gasteiger partial charge is 0.408 e. The number of alkyl carbamates (subject to hydrolysis) is 1. The third-order valence-electron chi connectivity index (χ3n) is 6.22. The first kappa shape index (κ1) is 26.3. The van der Waals surface area contributed by atoms with E-state index in [0.717, 1.165) is 41.9 Å². The van der Waals surface area contributed by atoms with Gasteiger partial charge in [0.15, 0.2) is 0 Å². The Kier molecular flexibility index (Phi) is 10.1. The molecule has 3 atom stereocenters. The number of nitrogens with zero attached hydrogens (tertiary/aromatic N) is 1. The molecule has 1 amide bonds. The lowest BCUT2D eigenvalue weighted by Gasteiger charge is -2.30. The second-order valence-electron chi connectivity index (χ2n) is 9.29. The van der Waals surface area contributed by atoms with Gasteiger partial charge >= 0.3 is 6.09 Å². The van der Waals surface area contributed by atoms with Crippen molar-refractivity contribution < 1.29 is 13.9 Å². The average molecular weight is 463 g/mol. The zero-order valence-electron chi connectivity index (χ0n) is 20.4. The second-order valence-corrected chi connectivity index (χ2v) is 10.1. The van der Waals surface area contributed by atoms with Crippen molar-refractivity contribution in [1.82, 2.24) is 10.3 Å². The number of carbonyl (C=O) groups is 1. The number of hydrogen-bond donors (Lipinski definition) is 1. The van der Waals surface area contributed by atoms with E-state index < -0.39 is 11.6 Å². The number of carbonyl (C=O) groups excluding carboxylic acids is 1. The van der Waals surface area contributed by atoms with Crippen molar-refractivity contribution >= 4 is 17.4 Å². The highest BCUT2D eigenvalue weighted by Gasteiger charge is 2.30. The van der Waals surface area contributed by atoms with Gasteiger partial charge in [0, 0.05) is 10.9 Å². The Labute approximate surface area is 197 Å². The van der Waals surface area contributed by atoms with Gasteiger partial charge in [0.05, 0.1) is 11.2 Å². The average Bonchev–Trinajstić information content (AvgIpc) is 3.26. The Hall–Kier alpha value is -1.95. The summed E-state index contributed by atoms with van der Waals surface area (Å²) in [5.41, 5.74) is 0.936. The van der Waals surface area contributed by atoms with Crippen LogP contribution in [-0.4, -0.2) is 17.2 Å². The predicted octanol–water partition coefficient (Wildman–Crippen LogP) is 7.93. The zero-order valence-corrected chi connectivity index (χ0v) is 21.2. The maximum absolute atomic E-state index is 13.2. The van der Waals surface area contributed by atoms with Crippen LogP contribution in [0.4, 0.5) is 9.18 Å². The molecule has 0 saturated heterocycles. The molecule has 1 heterocycles. The van der Waals surface area contributed by atoms with Crippen molar-refractivity contribution in [2.45, 2.75) is 91.7 Å². The van der Waals surface area contributed by atoms with E-state index in [1.165, 1.54) is 36.3 Å². The summed E-state index contributed by atoms with van der Waals surface area (Å²) in [5.74, 6) is 0.808. The summed E-state index contributed by atoms with van der Waals surface area (Å²) in [7, 11) is 0. The van der Waals surface area contributed by atoms with Gasteiger partial charge in [-0.15, -0.1) is 11.3 Å². The second kappa shape index (κ2) is 12.3. The monoisotopic (exact) mass is 462 g/mol. The van der Waals surface area contributed by atoms with Gasteiger partial charge in [0.1, 0.15) is 16.9 Å². The molecule has 4 nitrogen and oxygen atoms in total. The lowest BCUT2D eigenvalue weighted by Crippen LogP contribution is -2.43. The molecule has 0 aliphatic carbocycles. The van der Waals surface area contributed by atoms with Crippen molar-refractivity contribution in [2.75, 3.05) is 0 Å². The van der Waals surface area contributed by atoms with Crippen molar-refractivity contribution in [2.24, 2.45) is 11.8 Å². The van der Waals surface area contributed by atoms with E-state index >= 15 is 0 Å². The van der Waals surface area contributed by atoms with Crippen LogP contribution in [0.5, 0.6) is 0 Å². The fraction of sp³-hybridized carbons (Fsp3) is 0.615. The first-order valence-electron chi connectivity index (χ1n) is 11.9. The van der Waals surface area contributed by atoms with E-state index in [0.29, 0.717) is 11.8 Å². The highest BCUT2D eigenvalue weighted by Crippen LogP contribution is 2.30. The Morgan fingerprint density at radius 2 is 1.81 bits per heavy atom. The Balaban J connectivity index is 2.03. The molecule has 1 aromatic heterocycles. The molecule has 178 valence electrons. The first-order chi connectivity index (χ1) is 15.2. The molecule has 0 fully saturated rings. The summed E-state index contributed by atoms with van der Waals surface area (Å²) in [4.78, 5) is 17.5. The van der Waals surface area contributed by atoms with E-state index in [4.69, 9.17) is 4.74 Å². The molecule has 0 aliphatic rings. The van der Waals surface area contributed by atoms with Gasteiger partial charge in [-0.2, -0.15) is 0 Å². The van der Waals surface area contributed by atoms with Gasteiger partial charge in [0.2, 0.25) is 0 Å². The predicted molar refractivity (Wildman–Crippen MR) is 131 cm³/mol. The van der Waals surface area contributed by atoms with Gasteiger partial charge in [-0.3, -0.25) is 0 Å². The van der Waals surface area contributed by atoms with Crippen LogP contribution in [0, 0.1) is 17.7 Å². The van der Waals surface area contributed by atoms with Crippen LogP contribution in [0.3, 0.4) is 0 Å². The lowest BCUT2D eigenvalue weighted by molar-refractivity contribution is 0.0454. The lowest BCUT2D eigenvalue weighted by atomic mass is 9.87. The Bertz CT molecular complexity index is 835. The van der Waals surface area contributed by atoms with Crippen LogP contribution in [0.2, 0.25) is 0 Å². The van der Waals surface area contributed by atoms with E-state index in [-0.39, 0.29) is 11.9 Å². The molecule has 1 N–H and O–H groups in total. The van der Waals surface area contributed by atoms with Crippen LogP contribution < -0.4 is 5.32 Å². The van der Waals surface area contributed by atoms with E-state index in [1.54, 1.807) is 12.1 Å². The number of halogens is 1. The quantitative estimate of drug-likeness (QED) is 0.348. The molecule has 0 bridgehead atoms. The molecule has 3 unspecified atom stereocenters. The molecule has 0 aliphatic heterocycles. The number of ether oxygens (including phenoxy) is 1. The van der Waals surface area contributed by atoms with Crippen LogP contribution in [0.25, 0.3) is 10.6 Å². The number of hydrogen-bond acceptors (Lipinski definition) is 4. The van der Waals surface area contributed by atoms with Gasteiger partial charge < -0.3 is 10.1 Å². The molecule has 32 heavy (non-hydrogen) atoms. The maximum Gasteiger partial charge on any atom is 0.408 e. The van der Waals surface area contributed by atoms with Crippen molar-refractivity contribution in [1.29, 1.82) is 0 Å². The molecule has 2 aromatic rings. The third kappa shape index (κ3) is 7.58. The summed E-state index contributed by atoms with van der Waals surface area (Å²) in [6.07, 6.45) is 5.91. The highest BCUT2D eigenvalue weighted by atomic mass is 32.1. The molecular weight excluding hydrogens is 423 g/mol. The number of rotatable bonds is 12. The molecular formula is C26H39FN2O2S. The normalized spacial score (nSPS) is 14.6. The molecule has 6 heteroatoms. The summed E-state index contributed by atoms with van der Waals surface area (Å²) in [5, 5.41) is 5.73. The Morgan fingerprint density at radius 1 is 1.12 bits per heavy atom. The van der Waals surface area contributed by atoms with Crippen LogP contribution in [0.1, 0.15) is 85.8 Å². The van der Waals surface area contributed by atoms with Crippen LogP contribution in [0.15, 0.2) is 29.6 Å². The highest BCUT2D eigenvalue weighted by molar-refractivity contribution is 7.13. The number of aromatic nitrogens is 1. The number of nitrogens with one attached hydrogen (secondary N) is 1. The molecule has 1 aromatic carbocycles. The van der Waals surface area contributed by atoms with E-state index in [9.17, 15) is 9.18 Å². The van der Waals surface area contributed by atoms with Gasteiger partial charge in [-0.25, -0.2) is 14.2 Å². The Morgan fingerprint density at radius 3 is 2.41 bits per heavy atom. The van der Waals surface area contributed by atoms with E-state index in [1.807, 2.05) is 19.2 Å². The maximum atomic E-state index is 13.2. The van der Waals surface area contributed by atoms with Crippen molar-refractivity contribution in [3.63, 3.8) is 0 Å². The summed E-state index contributed by atoms with van der Waals surface area (Å²) < 4.78 is 19.1. The van der Waals surface area contributed by atoms with Crippen LogP contribution >= 0.6 is 11.3 Å².